The molecule has 11 N–H and O–H groups in total. The summed E-state index contributed by atoms with van der Waals surface area (Å²) >= 11 is 0. The number of allylic oxidation sites excluding steroid dienone is 3. The fourth-order valence-electron chi connectivity index (χ4n) is 11.8. The molecule has 0 aliphatic carbocycles. The van der Waals surface area contributed by atoms with Crippen LogP contribution in [0, 0.1) is 5.92 Å². The lowest BCUT2D eigenvalue weighted by Gasteiger charge is -2.49. The third-order valence-corrected chi connectivity index (χ3v) is 19.1. The molecular formula is C71H128N3O24P. The average molecular weight is 1440 g/mol. The average Bonchev–Trinajstić information content (AvgIpc) is 0.778. The maximum Gasteiger partial charge on any atom is 0.327 e. The van der Waals surface area contributed by atoms with Gasteiger partial charge in [0.05, 0.1) is 45.1 Å². The third-order valence-electron chi connectivity index (χ3n) is 17.8. The van der Waals surface area contributed by atoms with Gasteiger partial charge in [-0.15, -0.1) is 0 Å². The summed E-state index contributed by atoms with van der Waals surface area (Å²) in [6, 6.07) is -1.34. The summed E-state index contributed by atoms with van der Waals surface area (Å²) in [6.07, 6.45) is 13.5. The Morgan fingerprint density at radius 1 is 0.525 bits per heavy atom. The molecule has 0 aromatic rings. The van der Waals surface area contributed by atoms with Gasteiger partial charge in [-0.1, -0.05) is 154 Å². The van der Waals surface area contributed by atoms with Gasteiger partial charge < -0.3 is 104 Å². The van der Waals surface area contributed by atoms with Crippen molar-refractivity contribution in [2.45, 2.75) is 332 Å². The van der Waals surface area contributed by atoms with E-state index in [2.05, 4.69) is 54.9 Å². The zero-order chi connectivity index (χ0) is 72.8. The molecule has 3 heterocycles. The molecule has 0 saturated carbocycles. The van der Waals surface area contributed by atoms with Crippen LogP contribution >= 0.6 is 7.60 Å². The number of carbonyl (C=O) groups excluding carboxylic acids is 5. The molecule has 3 aliphatic heterocycles. The Labute approximate surface area is 588 Å². The van der Waals surface area contributed by atoms with Crippen molar-refractivity contribution >= 4 is 37.3 Å². The maximum absolute atomic E-state index is 13.6. The number of aliphatic hydroxyl groups is 8. The van der Waals surface area contributed by atoms with Gasteiger partial charge in [-0.2, -0.15) is 0 Å². The van der Waals surface area contributed by atoms with Gasteiger partial charge in [-0.3, -0.25) is 28.5 Å². The first kappa shape index (κ1) is 89.6. The molecule has 3 aliphatic rings. The number of hydrogen-bond acceptors (Lipinski definition) is 24. The number of esters is 2. The van der Waals surface area contributed by atoms with E-state index in [1.165, 1.54) is 84.7 Å². The second-order valence-electron chi connectivity index (χ2n) is 26.6. The van der Waals surface area contributed by atoms with E-state index in [4.69, 9.17) is 46.9 Å². The molecule has 99 heavy (non-hydrogen) atoms. The van der Waals surface area contributed by atoms with E-state index in [1.807, 2.05) is 6.08 Å². The molecule has 0 spiro atoms. The van der Waals surface area contributed by atoms with Gasteiger partial charge in [-0.05, 0) is 77.6 Å². The number of rotatable bonds is 56. The molecule has 18 atom stereocenters. The highest BCUT2D eigenvalue weighted by molar-refractivity contribution is 7.52. The quantitative estimate of drug-likeness (QED) is 0.0126. The van der Waals surface area contributed by atoms with Crippen molar-refractivity contribution in [2.24, 2.45) is 5.92 Å². The lowest BCUT2D eigenvalue weighted by molar-refractivity contribution is -0.382. The molecule has 3 fully saturated rings. The molecule has 3 saturated heterocycles. The molecule has 28 heteroatoms. The van der Waals surface area contributed by atoms with E-state index in [1.54, 1.807) is 0 Å². The van der Waals surface area contributed by atoms with Gasteiger partial charge >= 0.3 is 19.5 Å². The monoisotopic (exact) mass is 1440 g/mol. The van der Waals surface area contributed by atoms with Crippen LogP contribution in [0.3, 0.4) is 0 Å². The number of nitrogens with one attached hydrogen (secondary N) is 3. The molecule has 27 nitrogen and oxygen atoms in total. The summed E-state index contributed by atoms with van der Waals surface area (Å²) in [6.45, 7) is 8.05. The Morgan fingerprint density at radius 3 is 1.66 bits per heavy atom. The Hall–Kier alpha value is -3.58. The minimum Gasteiger partial charge on any atom is -0.461 e. The first-order chi connectivity index (χ1) is 47.6. The molecule has 3 rings (SSSR count). The van der Waals surface area contributed by atoms with Crippen LogP contribution < -0.4 is 16.0 Å². The fourth-order valence-corrected chi connectivity index (χ4v) is 12.7. The summed E-state index contributed by atoms with van der Waals surface area (Å²) in [7, 11) is -3.76. The smallest absolute Gasteiger partial charge is 0.327 e. The first-order valence-corrected chi connectivity index (χ1v) is 39.1. The highest BCUT2D eigenvalue weighted by Gasteiger charge is 2.54. The number of carbonyl (C=O) groups is 5. The van der Waals surface area contributed by atoms with Gasteiger partial charge in [0.2, 0.25) is 17.7 Å². The van der Waals surface area contributed by atoms with Crippen molar-refractivity contribution in [3.63, 3.8) is 0 Å². The van der Waals surface area contributed by atoms with Crippen molar-refractivity contribution in [3.05, 3.63) is 24.3 Å². The Bertz CT molecular complexity index is 2290. The van der Waals surface area contributed by atoms with E-state index in [0.717, 1.165) is 83.5 Å². The normalized spacial score (nSPS) is 27.0. The van der Waals surface area contributed by atoms with Crippen LogP contribution in [0.5, 0.6) is 0 Å². The Balaban J connectivity index is 1.44. The van der Waals surface area contributed by atoms with Crippen LogP contribution in [0.2, 0.25) is 0 Å². The predicted octanol–water partition coefficient (Wildman–Crippen LogP) is 7.05. The molecule has 0 bridgehead atoms. The van der Waals surface area contributed by atoms with Crippen LogP contribution in [-0.2, 0) is 75.5 Å². The minimum atomic E-state index is -3.76. The summed E-state index contributed by atoms with van der Waals surface area (Å²) < 4.78 is 71.3. The van der Waals surface area contributed by atoms with E-state index >= 15 is 0 Å². The van der Waals surface area contributed by atoms with Crippen molar-refractivity contribution in [1.29, 1.82) is 0 Å². The van der Waals surface area contributed by atoms with Crippen molar-refractivity contribution in [2.75, 3.05) is 59.4 Å². The van der Waals surface area contributed by atoms with Gasteiger partial charge in [-0.25, -0.2) is 0 Å². The van der Waals surface area contributed by atoms with E-state index in [-0.39, 0.29) is 77.0 Å². The van der Waals surface area contributed by atoms with Gasteiger partial charge in [0.1, 0.15) is 73.7 Å². The largest absolute Gasteiger partial charge is 0.461 e. The molecular weight excluding hydrogens is 1310 g/mol. The number of ether oxygens (including phenoxy) is 8. The summed E-state index contributed by atoms with van der Waals surface area (Å²) in [5.74, 6) is -2.58. The molecule has 3 amide bonds. The Kier molecular flexibility index (Phi) is 48.2. The summed E-state index contributed by atoms with van der Waals surface area (Å²) in [4.78, 5) is 64.7. The summed E-state index contributed by atoms with van der Waals surface area (Å²) in [5, 5.41) is 93.0. The molecule has 0 aromatic carbocycles. The number of hydrogen-bond donors (Lipinski definition) is 11. The molecule has 0 radical (unpaired) electrons. The number of unbranched alkanes of at least 4 members (excludes halogenated alkanes) is 21. The highest BCUT2D eigenvalue weighted by atomic mass is 31.2. The Morgan fingerprint density at radius 2 is 1.06 bits per heavy atom. The zero-order valence-electron chi connectivity index (χ0n) is 60.3. The van der Waals surface area contributed by atoms with Crippen molar-refractivity contribution in [3.8, 4) is 0 Å². The van der Waals surface area contributed by atoms with Crippen LogP contribution in [0.15, 0.2) is 24.3 Å². The maximum atomic E-state index is 13.6. The van der Waals surface area contributed by atoms with Crippen molar-refractivity contribution in [1.82, 2.24) is 16.0 Å². The van der Waals surface area contributed by atoms with Crippen LogP contribution in [0.4, 0.5) is 0 Å². The van der Waals surface area contributed by atoms with Gasteiger partial charge in [0, 0.05) is 45.9 Å². The number of amides is 3. The van der Waals surface area contributed by atoms with Crippen LogP contribution in [0.25, 0.3) is 0 Å². The predicted molar refractivity (Wildman–Crippen MR) is 369 cm³/mol. The lowest BCUT2D eigenvalue weighted by atomic mass is 9.95. The van der Waals surface area contributed by atoms with Gasteiger partial charge in [0.25, 0.3) is 0 Å². The molecule has 576 valence electrons. The van der Waals surface area contributed by atoms with E-state index in [0.29, 0.717) is 25.7 Å². The van der Waals surface area contributed by atoms with Gasteiger partial charge in [0.15, 0.2) is 25.0 Å². The second-order valence-corrected chi connectivity index (χ2v) is 28.6. The fraction of sp³-hybridized carbons (Fsp3) is 0.873. The molecule has 8 unspecified atom stereocenters. The standard InChI is InChI=1S/C71H128N3O24P/c1-7-10-13-16-18-20-21-22-23-24-25-26-28-30-33-41-58(80)94-53(48-90-68(87)52(37-31-15-12-9-3)38-32-29-27-19-17-14-11-8-2)49-92-99(6,88)91-45-43-73-57(79)40-35-34-39-56(78)72-42-36-44-89-69-59(74-51(5)77)62(83)66(55(47-76)96-69)97-71-67(64(85)61(82)54(46-75)95-71)98-70-65(86)63(84)60(81)50(4)93-70/h22-23,32,38,50,52-55,59-67,69-71,75-76,81-86H,7-21,24-31,33-37,39-49H2,1-6H3,(H,72,78)(H,73,79)(H,74,77)/b23-22-,38-32?/t50?,52?,53-,54?,55+,59?,60-,61-,62?,63+,64-,65?,66+,67?,69-,70-,71-,99?/m0/s1. The van der Waals surface area contributed by atoms with Crippen molar-refractivity contribution < 1.29 is 116 Å². The minimum absolute atomic E-state index is 0.00291. The second kappa shape index (κ2) is 53.2. The zero-order valence-corrected chi connectivity index (χ0v) is 61.2. The molecule has 0 aromatic heterocycles. The topological polar surface area (TPSA) is 393 Å². The van der Waals surface area contributed by atoms with Crippen LogP contribution in [-0.4, -0.2) is 228 Å². The van der Waals surface area contributed by atoms with E-state index < -0.39 is 143 Å². The third kappa shape index (κ3) is 37.1. The summed E-state index contributed by atoms with van der Waals surface area (Å²) in [5.41, 5.74) is 0. The lowest BCUT2D eigenvalue weighted by Crippen LogP contribution is -2.68. The number of aliphatic hydroxyl groups excluding tert-OH is 8. The highest BCUT2D eigenvalue weighted by Crippen LogP contribution is 2.44. The van der Waals surface area contributed by atoms with E-state index in [9.17, 15) is 69.4 Å². The van der Waals surface area contributed by atoms with Crippen LogP contribution in [0.1, 0.15) is 234 Å². The first-order valence-electron chi connectivity index (χ1n) is 37.1. The SMILES string of the molecule is CCCCCCCCC=CC(CCCCCC)C(=O)OC[C@@H](COP(C)(=O)OCCNC(=O)CCCCC(=O)NCCCO[C@H]1O[C@H](CO)[C@@H](O[C@@H]2OC(CO)[C@H](O)[C@H](O)C2O[C@@H]2OC(C)[C@H](O)[C@@H](O)C2O)C(O)C1NC(C)=O)OC(=O)CCCCCCC/C=C\CCCCCCCC.